The van der Waals surface area contributed by atoms with Gasteiger partial charge in [-0.15, -0.1) is 0 Å². The lowest BCUT2D eigenvalue weighted by Crippen LogP contribution is -2.30. The molecule has 0 rings (SSSR count). The fourth-order valence-corrected chi connectivity index (χ4v) is 15.3. The number of unbranched alkanes of at least 4 members (excludes halogenated alkanes) is 53. The number of carbonyl (C=O) groups excluding carboxylic acids is 4. The summed E-state index contributed by atoms with van der Waals surface area (Å²) in [5.74, 6) is 0.271. The Labute approximate surface area is 658 Å². The van der Waals surface area contributed by atoms with Crippen LogP contribution in [-0.4, -0.2) is 96.7 Å². The third kappa shape index (κ3) is 80.5. The molecule has 0 saturated heterocycles. The molecular weight excluding hydrogens is 1390 g/mol. The highest BCUT2D eigenvalue weighted by molar-refractivity contribution is 7.47. The van der Waals surface area contributed by atoms with Crippen LogP contribution in [0.3, 0.4) is 0 Å². The van der Waals surface area contributed by atoms with Crippen LogP contribution in [0.1, 0.15) is 466 Å². The van der Waals surface area contributed by atoms with E-state index in [1.165, 1.54) is 276 Å². The topological polar surface area (TPSA) is 237 Å². The summed E-state index contributed by atoms with van der Waals surface area (Å²) in [6.07, 6.45) is 69.5. The summed E-state index contributed by atoms with van der Waals surface area (Å²) in [5.41, 5.74) is 0. The van der Waals surface area contributed by atoms with Gasteiger partial charge >= 0.3 is 39.5 Å². The Balaban J connectivity index is 5.23. The summed E-state index contributed by atoms with van der Waals surface area (Å²) in [7, 11) is -9.93. The number of aliphatic hydroxyl groups is 1. The van der Waals surface area contributed by atoms with Crippen molar-refractivity contribution in [3.8, 4) is 0 Å². The molecule has 0 aromatic heterocycles. The van der Waals surface area contributed by atoms with E-state index in [9.17, 15) is 43.2 Å². The largest absolute Gasteiger partial charge is 0.472 e. The lowest BCUT2D eigenvalue weighted by atomic mass is 9.99. The van der Waals surface area contributed by atoms with E-state index in [-0.39, 0.29) is 25.7 Å². The predicted octanol–water partition coefficient (Wildman–Crippen LogP) is 26.9. The maximum atomic E-state index is 13.2. The molecule has 0 radical (unpaired) electrons. The van der Waals surface area contributed by atoms with Gasteiger partial charge < -0.3 is 33.8 Å². The summed E-state index contributed by atoms with van der Waals surface area (Å²) in [4.78, 5) is 73.3. The second-order valence-corrected chi connectivity index (χ2v) is 35.7. The van der Waals surface area contributed by atoms with Gasteiger partial charge in [-0.25, -0.2) is 9.13 Å². The number of hydrogen-bond acceptors (Lipinski definition) is 15. The molecule has 3 N–H and O–H groups in total. The Morgan fingerprint density at radius 1 is 0.271 bits per heavy atom. The third-order valence-corrected chi connectivity index (χ3v) is 22.9. The zero-order chi connectivity index (χ0) is 78.6. The van der Waals surface area contributed by atoms with Crippen LogP contribution in [0.4, 0.5) is 0 Å². The molecule has 0 aromatic carbocycles. The van der Waals surface area contributed by atoms with E-state index in [1.54, 1.807) is 0 Å². The van der Waals surface area contributed by atoms with Crippen LogP contribution < -0.4 is 0 Å². The van der Waals surface area contributed by atoms with Crippen LogP contribution in [0.25, 0.3) is 0 Å². The first kappa shape index (κ1) is 105. The molecule has 0 aliphatic carbocycles. The molecule has 0 aliphatic heterocycles. The summed E-state index contributed by atoms with van der Waals surface area (Å²) < 4.78 is 69.0. The van der Waals surface area contributed by atoms with Crippen molar-refractivity contribution < 1.29 is 80.2 Å². The molecule has 17 nitrogen and oxygen atoms in total. The van der Waals surface area contributed by atoms with E-state index in [0.29, 0.717) is 25.7 Å². The molecule has 0 heterocycles. The smallest absolute Gasteiger partial charge is 0.462 e. The van der Waals surface area contributed by atoms with Crippen LogP contribution >= 0.6 is 15.6 Å². The Morgan fingerprint density at radius 3 is 0.710 bits per heavy atom. The summed E-state index contributed by atoms with van der Waals surface area (Å²) >= 11 is 0. The summed E-state index contributed by atoms with van der Waals surface area (Å²) in [6.45, 7) is 12.0. The van der Waals surface area contributed by atoms with Crippen molar-refractivity contribution in [2.45, 2.75) is 484 Å². The Kier molecular flexibility index (Phi) is 76.6. The molecule has 3 unspecified atom stereocenters. The van der Waals surface area contributed by atoms with E-state index in [2.05, 4.69) is 48.5 Å². The average molecular weight is 1560 g/mol. The normalized spacial score (nSPS) is 14.1. The number of carbonyl (C=O) groups is 4. The molecule has 0 amide bonds. The number of phosphoric ester groups is 2. The molecule has 0 saturated carbocycles. The van der Waals surface area contributed by atoms with Crippen molar-refractivity contribution in [1.82, 2.24) is 0 Å². The van der Waals surface area contributed by atoms with Crippen molar-refractivity contribution in [3.05, 3.63) is 0 Å². The van der Waals surface area contributed by atoms with Crippen molar-refractivity contribution in [2.75, 3.05) is 39.6 Å². The highest BCUT2D eigenvalue weighted by Gasteiger charge is 2.31. The van der Waals surface area contributed by atoms with Gasteiger partial charge in [0.1, 0.15) is 19.3 Å². The quantitative estimate of drug-likeness (QED) is 0.0222. The minimum absolute atomic E-state index is 0.106. The van der Waals surface area contributed by atoms with E-state index >= 15 is 0 Å². The van der Waals surface area contributed by atoms with Crippen LogP contribution in [0.15, 0.2) is 0 Å². The van der Waals surface area contributed by atoms with Gasteiger partial charge in [0.25, 0.3) is 0 Å². The summed E-state index contributed by atoms with van der Waals surface area (Å²) in [6, 6.07) is 0. The third-order valence-electron chi connectivity index (χ3n) is 21.0. The highest BCUT2D eigenvalue weighted by Crippen LogP contribution is 2.45. The Bertz CT molecular complexity index is 2060. The highest BCUT2D eigenvalue weighted by atomic mass is 31.2. The van der Waals surface area contributed by atoms with Gasteiger partial charge in [0.05, 0.1) is 26.4 Å². The molecule has 0 aromatic rings. The number of rotatable bonds is 86. The molecule has 0 aliphatic rings. The monoisotopic (exact) mass is 1560 g/mol. The number of esters is 4. The number of ether oxygens (including phenoxy) is 4. The van der Waals surface area contributed by atoms with Crippen LogP contribution in [0, 0.1) is 17.8 Å². The van der Waals surface area contributed by atoms with Crippen molar-refractivity contribution in [3.63, 3.8) is 0 Å². The van der Waals surface area contributed by atoms with Gasteiger partial charge in [-0.3, -0.25) is 37.3 Å². The molecule has 0 bridgehead atoms. The molecule has 0 spiro atoms. The minimum Gasteiger partial charge on any atom is -0.462 e. The second-order valence-electron chi connectivity index (χ2n) is 32.8. The van der Waals surface area contributed by atoms with E-state index < -0.39 is 97.5 Å². The minimum atomic E-state index is -4.97. The molecule has 6 atom stereocenters. The standard InChI is InChI=1S/C88H172O17P2/c1-8-10-11-12-13-14-15-16-17-18-19-23-26-29-35-40-48-55-62-69-85(90)98-75-83(104-87(92)71-64-57-50-41-36-30-27-24-21-20-22-25-28-34-39-47-54-61-68-81(7)9-2)77-102-106(94,95)100-73-82(89)74-101-107(96,97)103-78-84(76-99-86(91)70-63-56-49-44-43-46-53-60-67-80(5)6)105-88(93)72-65-58-51-42-37-32-31-33-38-45-52-59-66-79(3)4/h79-84,89H,8-78H2,1-7H3,(H,94,95)(H,96,97)/t81?,82-,83-,84-/m1/s1. The van der Waals surface area contributed by atoms with E-state index in [0.717, 1.165) is 108 Å². The Hall–Kier alpha value is -1.94. The van der Waals surface area contributed by atoms with Gasteiger partial charge in [0, 0.05) is 25.7 Å². The van der Waals surface area contributed by atoms with Crippen molar-refractivity contribution >= 4 is 39.5 Å². The van der Waals surface area contributed by atoms with E-state index in [1.807, 2.05) is 0 Å². The summed E-state index contributed by atoms with van der Waals surface area (Å²) in [5, 5.41) is 10.7. The number of hydrogen-bond donors (Lipinski definition) is 3. The van der Waals surface area contributed by atoms with Gasteiger partial charge in [-0.1, -0.05) is 414 Å². The van der Waals surface area contributed by atoms with Crippen molar-refractivity contribution in [1.29, 1.82) is 0 Å². The van der Waals surface area contributed by atoms with Crippen molar-refractivity contribution in [2.24, 2.45) is 17.8 Å². The zero-order valence-corrected chi connectivity index (χ0v) is 72.4. The molecular formula is C88H172O17P2. The first-order valence-electron chi connectivity index (χ1n) is 45.4. The first-order valence-corrected chi connectivity index (χ1v) is 48.4. The maximum Gasteiger partial charge on any atom is 0.472 e. The van der Waals surface area contributed by atoms with Crippen LogP contribution in [0.5, 0.6) is 0 Å². The fourth-order valence-electron chi connectivity index (χ4n) is 13.7. The van der Waals surface area contributed by atoms with Gasteiger partial charge in [0.15, 0.2) is 12.2 Å². The molecule has 107 heavy (non-hydrogen) atoms. The molecule has 19 heteroatoms. The van der Waals surface area contributed by atoms with Gasteiger partial charge in [-0.2, -0.15) is 0 Å². The lowest BCUT2D eigenvalue weighted by Gasteiger charge is -2.21. The lowest BCUT2D eigenvalue weighted by molar-refractivity contribution is -0.161. The van der Waals surface area contributed by atoms with Gasteiger partial charge in [-0.05, 0) is 43.4 Å². The van der Waals surface area contributed by atoms with Crippen LogP contribution in [-0.2, 0) is 65.4 Å². The average Bonchev–Trinajstić information content (AvgIpc) is 0.909. The fraction of sp³-hybridized carbons (Fsp3) is 0.955. The van der Waals surface area contributed by atoms with Crippen LogP contribution in [0.2, 0.25) is 0 Å². The Morgan fingerprint density at radius 2 is 0.477 bits per heavy atom. The number of phosphoric acid groups is 2. The number of aliphatic hydroxyl groups excluding tert-OH is 1. The zero-order valence-electron chi connectivity index (χ0n) is 70.6. The SMILES string of the molecule is CCCCCCCCCCCCCCCCCCCCCC(=O)OC[C@H](COP(=O)(O)OC[C@@H](O)COP(=O)(O)OC[C@@H](COC(=O)CCCCCCCCCCC(C)C)OC(=O)CCCCCCCCCCCCCCC(C)C)OC(=O)CCCCCCCCCCCCCCCCCCCCC(C)CC. The van der Waals surface area contributed by atoms with E-state index in [4.69, 9.17) is 37.0 Å². The molecule has 0 fully saturated rings. The first-order chi connectivity index (χ1) is 51.8. The van der Waals surface area contributed by atoms with Gasteiger partial charge in [0.2, 0.25) is 0 Å². The maximum absolute atomic E-state index is 13.2. The predicted molar refractivity (Wildman–Crippen MR) is 441 cm³/mol. The molecule has 636 valence electrons. The second kappa shape index (κ2) is 78.0.